The van der Waals surface area contributed by atoms with Crippen LogP contribution in [0.1, 0.15) is 16.7 Å². The first-order chi connectivity index (χ1) is 4.61. The standard InChI is InChI=1S/C9H12Se/c1-6-4-7(2)9(10)8(3)5-6/h4-5,10H,1-3H3/p-1. The van der Waals surface area contributed by atoms with E-state index in [4.69, 9.17) is 0 Å². The van der Waals surface area contributed by atoms with Gasteiger partial charge >= 0.3 is 70.1 Å². The van der Waals surface area contributed by atoms with Crippen molar-refractivity contribution in [3.63, 3.8) is 0 Å². The SMILES string of the molecule is Cc1cc(C)c([Se-])c(C)c1. The summed E-state index contributed by atoms with van der Waals surface area (Å²) in [5, 5.41) is 0. The van der Waals surface area contributed by atoms with Crippen LogP contribution in [0, 0.1) is 20.8 Å². The van der Waals surface area contributed by atoms with Crippen molar-refractivity contribution < 1.29 is 0 Å². The first-order valence-corrected chi connectivity index (χ1v) is 4.22. The van der Waals surface area contributed by atoms with E-state index in [1.54, 1.807) is 0 Å². The van der Waals surface area contributed by atoms with Crippen molar-refractivity contribution in [2.45, 2.75) is 20.8 Å². The van der Waals surface area contributed by atoms with Crippen LogP contribution < -0.4 is 4.46 Å². The van der Waals surface area contributed by atoms with E-state index in [0.717, 1.165) is 0 Å². The van der Waals surface area contributed by atoms with E-state index in [1.807, 2.05) is 0 Å². The molecule has 1 aromatic rings. The van der Waals surface area contributed by atoms with Gasteiger partial charge in [0.1, 0.15) is 0 Å². The Kier molecular flexibility index (Phi) is 2.17. The summed E-state index contributed by atoms with van der Waals surface area (Å²) in [6.45, 7) is 6.39. The molecular formula is C9H11Se-. The van der Waals surface area contributed by atoms with Crippen LogP contribution in [-0.2, 0) is 0 Å². The third-order valence-corrected chi connectivity index (χ3v) is 2.96. The molecule has 0 atom stereocenters. The van der Waals surface area contributed by atoms with Gasteiger partial charge in [0.2, 0.25) is 0 Å². The molecule has 0 fully saturated rings. The quantitative estimate of drug-likeness (QED) is 0.553. The maximum absolute atomic E-state index is 3.07. The summed E-state index contributed by atoms with van der Waals surface area (Å²) in [5.74, 6) is 0. The molecular weight excluding hydrogens is 187 g/mol. The number of hydrogen-bond donors (Lipinski definition) is 0. The molecule has 0 radical (unpaired) electrons. The average Bonchev–Trinajstić information content (AvgIpc) is 1.82. The molecule has 0 spiro atoms. The van der Waals surface area contributed by atoms with Gasteiger partial charge in [-0.1, -0.05) is 0 Å². The predicted molar refractivity (Wildman–Crippen MR) is 46.0 cm³/mol. The van der Waals surface area contributed by atoms with Crippen LogP contribution in [0.5, 0.6) is 0 Å². The molecule has 1 rings (SSSR count). The summed E-state index contributed by atoms with van der Waals surface area (Å²) in [6, 6.07) is 4.39. The molecule has 0 aliphatic carbocycles. The van der Waals surface area contributed by atoms with Crippen molar-refractivity contribution in [2.24, 2.45) is 0 Å². The maximum atomic E-state index is 3.07. The van der Waals surface area contributed by atoms with Gasteiger partial charge in [-0.05, 0) is 0 Å². The van der Waals surface area contributed by atoms with E-state index in [9.17, 15) is 0 Å². The first kappa shape index (κ1) is 7.84. The minimum absolute atomic E-state index is 1.30. The molecule has 1 aromatic carbocycles. The van der Waals surface area contributed by atoms with Gasteiger partial charge in [0.05, 0.1) is 0 Å². The molecule has 0 N–H and O–H groups in total. The monoisotopic (exact) mass is 199 g/mol. The zero-order valence-electron chi connectivity index (χ0n) is 6.56. The van der Waals surface area contributed by atoms with E-state index in [2.05, 4.69) is 48.9 Å². The van der Waals surface area contributed by atoms with Gasteiger partial charge in [0.25, 0.3) is 0 Å². The Morgan fingerprint density at radius 3 is 1.80 bits per heavy atom. The Bertz CT molecular complexity index is 228. The zero-order valence-corrected chi connectivity index (χ0v) is 8.28. The van der Waals surface area contributed by atoms with Crippen molar-refractivity contribution in [3.05, 3.63) is 28.8 Å². The third kappa shape index (κ3) is 1.42. The molecule has 0 aliphatic heterocycles. The molecule has 0 unspecified atom stereocenters. The van der Waals surface area contributed by atoms with Crippen molar-refractivity contribution in [3.8, 4) is 0 Å². The van der Waals surface area contributed by atoms with E-state index >= 15 is 0 Å². The fourth-order valence-corrected chi connectivity index (χ4v) is 1.41. The number of rotatable bonds is 0. The second kappa shape index (κ2) is 2.77. The van der Waals surface area contributed by atoms with Crippen LogP contribution >= 0.6 is 0 Å². The van der Waals surface area contributed by atoms with Gasteiger partial charge in [-0.2, -0.15) is 0 Å². The summed E-state index contributed by atoms with van der Waals surface area (Å²) in [7, 11) is 0. The van der Waals surface area contributed by atoms with Crippen LogP contribution in [0.3, 0.4) is 0 Å². The van der Waals surface area contributed by atoms with Crippen molar-refractivity contribution in [1.29, 1.82) is 0 Å². The van der Waals surface area contributed by atoms with Crippen molar-refractivity contribution in [2.75, 3.05) is 0 Å². The topological polar surface area (TPSA) is 0 Å². The van der Waals surface area contributed by atoms with Gasteiger partial charge < -0.3 is 0 Å². The molecule has 0 amide bonds. The van der Waals surface area contributed by atoms with E-state index in [-0.39, 0.29) is 0 Å². The van der Waals surface area contributed by atoms with Gasteiger partial charge in [0, 0.05) is 0 Å². The molecule has 0 bridgehead atoms. The number of hydrogen-bond acceptors (Lipinski definition) is 0. The second-order valence-electron chi connectivity index (χ2n) is 2.73. The molecule has 54 valence electrons. The van der Waals surface area contributed by atoms with E-state index < -0.39 is 0 Å². The molecule has 0 saturated heterocycles. The molecule has 0 aromatic heterocycles. The van der Waals surface area contributed by atoms with Crippen LogP contribution in [0.4, 0.5) is 0 Å². The first-order valence-electron chi connectivity index (χ1n) is 3.36. The predicted octanol–water partition coefficient (Wildman–Crippen LogP) is 1.41. The Balaban J connectivity index is 3.31. The zero-order chi connectivity index (χ0) is 7.72. The summed E-state index contributed by atoms with van der Waals surface area (Å²) in [4.78, 5) is 0. The Morgan fingerprint density at radius 2 is 1.40 bits per heavy atom. The second-order valence-corrected chi connectivity index (χ2v) is 3.58. The fraction of sp³-hybridized carbons (Fsp3) is 0.333. The Labute approximate surface area is 70.5 Å². The summed E-state index contributed by atoms with van der Waals surface area (Å²) >= 11 is 3.07. The molecule has 1 heteroatoms. The molecule has 0 saturated carbocycles. The summed E-state index contributed by atoms with van der Waals surface area (Å²) in [6.07, 6.45) is 0. The van der Waals surface area contributed by atoms with Gasteiger partial charge in [-0.25, -0.2) is 0 Å². The normalized spacial score (nSPS) is 9.90. The average molecular weight is 198 g/mol. The van der Waals surface area contributed by atoms with Crippen molar-refractivity contribution in [1.82, 2.24) is 0 Å². The van der Waals surface area contributed by atoms with Crippen LogP contribution in [0.2, 0.25) is 0 Å². The molecule has 0 aliphatic rings. The third-order valence-electron chi connectivity index (χ3n) is 1.60. The van der Waals surface area contributed by atoms with Crippen LogP contribution in [-0.4, -0.2) is 16.0 Å². The molecule has 0 heterocycles. The Morgan fingerprint density at radius 1 is 1.00 bits per heavy atom. The van der Waals surface area contributed by atoms with Gasteiger partial charge in [0.15, 0.2) is 0 Å². The summed E-state index contributed by atoms with van der Waals surface area (Å²) in [5.41, 5.74) is 4.03. The van der Waals surface area contributed by atoms with Crippen molar-refractivity contribution >= 4 is 20.5 Å². The summed E-state index contributed by atoms with van der Waals surface area (Å²) < 4.78 is 1.30. The van der Waals surface area contributed by atoms with Crippen LogP contribution in [0.25, 0.3) is 0 Å². The van der Waals surface area contributed by atoms with Gasteiger partial charge in [-0.3, -0.25) is 0 Å². The number of benzene rings is 1. The molecule has 0 nitrogen and oxygen atoms in total. The number of aryl methyl sites for hydroxylation is 3. The van der Waals surface area contributed by atoms with Gasteiger partial charge in [-0.15, -0.1) is 0 Å². The van der Waals surface area contributed by atoms with E-state index in [1.165, 1.54) is 21.2 Å². The van der Waals surface area contributed by atoms with E-state index in [0.29, 0.717) is 0 Å². The minimum atomic E-state index is 1.30. The fourth-order valence-electron chi connectivity index (χ4n) is 1.17. The molecule has 10 heavy (non-hydrogen) atoms. The van der Waals surface area contributed by atoms with Crippen LogP contribution in [0.15, 0.2) is 12.1 Å². The Hall–Kier alpha value is -0.261.